The fourth-order valence-corrected chi connectivity index (χ4v) is 2.10. The van der Waals surface area contributed by atoms with Crippen molar-refractivity contribution >= 4 is 16.7 Å². The SMILES string of the molecule is O=C(c1cc(F)cc(F)c1)c1c[nH]c2ccccc12. The molecule has 1 N–H and O–H groups in total. The molecule has 0 bridgehead atoms. The zero-order valence-corrected chi connectivity index (χ0v) is 9.78. The van der Waals surface area contributed by atoms with Crippen LogP contribution in [0.25, 0.3) is 10.9 Å². The molecule has 0 unspecified atom stereocenters. The number of carbonyl (C=O) groups excluding carboxylic acids is 1. The minimum atomic E-state index is -0.761. The number of rotatable bonds is 2. The Morgan fingerprint density at radius 3 is 2.42 bits per heavy atom. The molecule has 3 aromatic rings. The van der Waals surface area contributed by atoms with E-state index < -0.39 is 17.4 Å². The largest absolute Gasteiger partial charge is 0.360 e. The third kappa shape index (κ3) is 2.01. The van der Waals surface area contributed by atoms with Gasteiger partial charge in [-0.1, -0.05) is 18.2 Å². The van der Waals surface area contributed by atoms with Gasteiger partial charge >= 0.3 is 0 Å². The molecule has 0 aliphatic heterocycles. The summed E-state index contributed by atoms with van der Waals surface area (Å²) >= 11 is 0. The summed E-state index contributed by atoms with van der Waals surface area (Å²) in [6, 6.07) is 10.1. The predicted octanol–water partition coefficient (Wildman–Crippen LogP) is 3.68. The van der Waals surface area contributed by atoms with Crippen LogP contribution in [0.2, 0.25) is 0 Å². The van der Waals surface area contributed by atoms with Gasteiger partial charge in [0, 0.05) is 34.3 Å². The zero-order valence-electron chi connectivity index (χ0n) is 9.78. The maximum Gasteiger partial charge on any atom is 0.195 e. The van der Waals surface area contributed by atoms with E-state index in [-0.39, 0.29) is 5.56 Å². The van der Waals surface area contributed by atoms with Crippen LogP contribution in [0.1, 0.15) is 15.9 Å². The van der Waals surface area contributed by atoms with Gasteiger partial charge in [0.05, 0.1) is 0 Å². The molecule has 0 aliphatic rings. The number of para-hydroxylation sites is 1. The molecule has 0 fully saturated rings. The molecule has 2 aromatic carbocycles. The lowest BCUT2D eigenvalue weighted by Crippen LogP contribution is -2.01. The number of fused-ring (bicyclic) bond motifs is 1. The predicted molar refractivity (Wildman–Crippen MR) is 68.1 cm³/mol. The van der Waals surface area contributed by atoms with E-state index in [4.69, 9.17) is 0 Å². The Labute approximate surface area is 107 Å². The van der Waals surface area contributed by atoms with Crippen molar-refractivity contribution in [3.8, 4) is 0 Å². The standard InChI is InChI=1S/C15H9F2NO/c16-10-5-9(6-11(17)7-10)15(19)13-8-18-14-4-2-1-3-12(13)14/h1-8,18H. The third-order valence-electron chi connectivity index (χ3n) is 2.96. The van der Waals surface area contributed by atoms with Gasteiger partial charge < -0.3 is 4.98 Å². The van der Waals surface area contributed by atoms with Crippen LogP contribution in [-0.2, 0) is 0 Å². The lowest BCUT2D eigenvalue weighted by Gasteiger charge is -2.00. The maximum absolute atomic E-state index is 13.1. The Hall–Kier alpha value is -2.49. The van der Waals surface area contributed by atoms with E-state index in [0.717, 1.165) is 29.1 Å². The molecule has 3 rings (SSSR count). The number of halogens is 2. The Kier molecular flexibility index (Phi) is 2.63. The highest BCUT2D eigenvalue weighted by molar-refractivity contribution is 6.16. The number of H-pyrrole nitrogens is 1. The Morgan fingerprint density at radius 1 is 1.00 bits per heavy atom. The monoisotopic (exact) mass is 257 g/mol. The fourth-order valence-electron chi connectivity index (χ4n) is 2.10. The summed E-state index contributed by atoms with van der Waals surface area (Å²) in [6.07, 6.45) is 1.55. The average molecular weight is 257 g/mol. The van der Waals surface area contributed by atoms with Crippen molar-refractivity contribution in [3.05, 3.63) is 71.4 Å². The molecular formula is C15H9F2NO. The fraction of sp³-hybridized carbons (Fsp3) is 0. The smallest absolute Gasteiger partial charge is 0.195 e. The van der Waals surface area contributed by atoms with E-state index >= 15 is 0 Å². The molecule has 0 atom stereocenters. The molecule has 4 heteroatoms. The van der Waals surface area contributed by atoms with E-state index in [0.29, 0.717) is 5.56 Å². The van der Waals surface area contributed by atoms with Crippen LogP contribution >= 0.6 is 0 Å². The maximum atomic E-state index is 13.1. The molecule has 0 amide bonds. The van der Waals surface area contributed by atoms with E-state index in [1.165, 1.54) is 0 Å². The van der Waals surface area contributed by atoms with E-state index in [2.05, 4.69) is 4.98 Å². The van der Waals surface area contributed by atoms with Gasteiger partial charge in [-0.15, -0.1) is 0 Å². The number of carbonyl (C=O) groups is 1. The van der Waals surface area contributed by atoms with Crippen LogP contribution < -0.4 is 0 Å². The van der Waals surface area contributed by atoms with Crippen molar-refractivity contribution in [2.24, 2.45) is 0 Å². The van der Waals surface area contributed by atoms with Crippen LogP contribution in [0.4, 0.5) is 8.78 Å². The second-order valence-electron chi connectivity index (χ2n) is 4.24. The van der Waals surface area contributed by atoms with E-state index in [1.807, 2.05) is 12.1 Å². The summed E-state index contributed by atoms with van der Waals surface area (Å²) < 4.78 is 26.3. The van der Waals surface area contributed by atoms with Crippen LogP contribution in [-0.4, -0.2) is 10.8 Å². The van der Waals surface area contributed by atoms with Crippen molar-refractivity contribution in [1.29, 1.82) is 0 Å². The first kappa shape index (κ1) is 11.6. The number of nitrogens with one attached hydrogen (secondary N) is 1. The van der Waals surface area contributed by atoms with Crippen LogP contribution in [0.5, 0.6) is 0 Å². The molecule has 0 saturated heterocycles. The normalized spacial score (nSPS) is 10.8. The molecule has 0 saturated carbocycles. The van der Waals surface area contributed by atoms with Gasteiger partial charge in [-0.3, -0.25) is 4.79 Å². The van der Waals surface area contributed by atoms with E-state index in [9.17, 15) is 13.6 Å². The summed E-state index contributed by atoms with van der Waals surface area (Å²) in [5.41, 5.74) is 1.21. The van der Waals surface area contributed by atoms with Gasteiger partial charge in [0.25, 0.3) is 0 Å². The van der Waals surface area contributed by atoms with Gasteiger partial charge in [0.2, 0.25) is 0 Å². The zero-order chi connectivity index (χ0) is 13.4. The average Bonchev–Trinajstić information content (AvgIpc) is 2.80. The minimum Gasteiger partial charge on any atom is -0.360 e. The summed E-state index contributed by atoms with van der Waals surface area (Å²) in [4.78, 5) is 15.2. The number of aromatic nitrogens is 1. The van der Waals surface area contributed by atoms with Crippen molar-refractivity contribution in [2.75, 3.05) is 0 Å². The highest BCUT2D eigenvalue weighted by atomic mass is 19.1. The van der Waals surface area contributed by atoms with Gasteiger partial charge in [-0.05, 0) is 18.2 Å². The van der Waals surface area contributed by atoms with Gasteiger partial charge in [0.15, 0.2) is 5.78 Å². The second kappa shape index (κ2) is 4.31. The first-order valence-corrected chi connectivity index (χ1v) is 5.72. The van der Waals surface area contributed by atoms with Crippen LogP contribution in [0, 0.1) is 11.6 Å². The molecule has 94 valence electrons. The topological polar surface area (TPSA) is 32.9 Å². The molecule has 1 heterocycles. The van der Waals surface area contributed by atoms with E-state index in [1.54, 1.807) is 18.3 Å². The quantitative estimate of drug-likeness (QED) is 0.698. The van der Waals surface area contributed by atoms with Crippen molar-refractivity contribution in [1.82, 2.24) is 4.98 Å². The highest BCUT2D eigenvalue weighted by Crippen LogP contribution is 2.21. The Bertz CT molecular complexity index is 756. The molecule has 19 heavy (non-hydrogen) atoms. The summed E-state index contributed by atoms with van der Waals surface area (Å²) in [5, 5.41) is 0.733. The lowest BCUT2D eigenvalue weighted by atomic mass is 10.0. The van der Waals surface area contributed by atoms with Crippen LogP contribution in [0.15, 0.2) is 48.7 Å². The second-order valence-corrected chi connectivity index (χ2v) is 4.24. The van der Waals surface area contributed by atoms with Gasteiger partial charge in [-0.25, -0.2) is 8.78 Å². The summed E-state index contributed by atoms with van der Waals surface area (Å²) in [7, 11) is 0. The molecule has 1 aromatic heterocycles. The molecule has 2 nitrogen and oxygen atoms in total. The third-order valence-corrected chi connectivity index (χ3v) is 2.96. The molecule has 0 aliphatic carbocycles. The first-order valence-electron chi connectivity index (χ1n) is 5.72. The highest BCUT2D eigenvalue weighted by Gasteiger charge is 2.15. The van der Waals surface area contributed by atoms with Gasteiger partial charge in [-0.2, -0.15) is 0 Å². The molecule has 0 spiro atoms. The molecular weight excluding hydrogens is 248 g/mol. The lowest BCUT2D eigenvalue weighted by molar-refractivity contribution is 0.103. The van der Waals surface area contributed by atoms with Crippen molar-refractivity contribution < 1.29 is 13.6 Å². The van der Waals surface area contributed by atoms with Gasteiger partial charge in [0.1, 0.15) is 11.6 Å². The van der Waals surface area contributed by atoms with Crippen LogP contribution in [0.3, 0.4) is 0 Å². The number of ketones is 1. The summed E-state index contributed by atoms with van der Waals surface area (Å²) in [6.45, 7) is 0. The number of hydrogen-bond donors (Lipinski definition) is 1. The molecule has 0 radical (unpaired) electrons. The van der Waals surface area contributed by atoms with Crippen molar-refractivity contribution in [2.45, 2.75) is 0 Å². The number of hydrogen-bond acceptors (Lipinski definition) is 1. The first-order chi connectivity index (χ1) is 9.15. The van der Waals surface area contributed by atoms with Crippen molar-refractivity contribution in [3.63, 3.8) is 0 Å². The summed E-state index contributed by atoms with van der Waals surface area (Å²) in [5.74, 6) is -1.93. The Balaban J connectivity index is 2.13. The number of benzene rings is 2. The number of aromatic amines is 1. The Morgan fingerprint density at radius 2 is 1.68 bits per heavy atom. The minimum absolute atomic E-state index is 0.00209.